The van der Waals surface area contributed by atoms with Crippen LogP contribution in [0.15, 0.2) is 17.1 Å². The summed E-state index contributed by atoms with van der Waals surface area (Å²) in [6.45, 7) is 2.81. The minimum atomic E-state index is -0.429. The number of nitro benzene ring substituents is 1. The van der Waals surface area contributed by atoms with E-state index in [0.717, 1.165) is 0 Å². The first-order valence-electron chi connectivity index (χ1n) is 6.97. The van der Waals surface area contributed by atoms with Gasteiger partial charge in [-0.05, 0) is 6.92 Å². The summed E-state index contributed by atoms with van der Waals surface area (Å²) in [6, 6.07) is 2.93. The number of hydrogen-bond acceptors (Lipinski definition) is 7. The molecule has 0 fully saturated rings. The number of nitrogens with zero attached hydrogens (tertiary/aromatic N) is 2. The fraction of sp³-hybridized carbons (Fsp3) is 0.500. The average molecular weight is 341 g/mol. The Kier molecular flexibility index (Phi) is 6.20. The van der Waals surface area contributed by atoms with Crippen molar-refractivity contribution < 1.29 is 19.1 Å². The van der Waals surface area contributed by atoms with E-state index in [4.69, 9.17) is 19.9 Å². The highest BCUT2D eigenvalue weighted by Crippen LogP contribution is 2.34. The number of nitro groups is 1. The third-order valence-electron chi connectivity index (χ3n) is 3.11. The van der Waals surface area contributed by atoms with Crippen LogP contribution in [0.4, 0.5) is 5.69 Å². The number of hydrogen-bond donors (Lipinski definition) is 1. The van der Waals surface area contributed by atoms with E-state index >= 15 is 0 Å². The highest BCUT2D eigenvalue weighted by Gasteiger charge is 2.21. The second kappa shape index (κ2) is 8.14. The quantitative estimate of drug-likeness (QED) is 0.365. The summed E-state index contributed by atoms with van der Waals surface area (Å²) in [5.41, 5.74) is 7.27. The van der Waals surface area contributed by atoms with Gasteiger partial charge in [-0.15, -0.1) is 0 Å². The number of aliphatic imine (C=N–C) groups is 1. The molecule has 1 aromatic carbocycles. The smallest absolute Gasteiger partial charge is 0.270 e. The van der Waals surface area contributed by atoms with Crippen LogP contribution in [0.5, 0.6) is 5.75 Å². The van der Waals surface area contributed by atoms with Gasteiger partial charge in [0.15, 0.2) is 12.0 Å². The molecule has 0 saturated heterocycles. The number of rotatable bonds is 6. The fourth-order valence-corrected chi connectivity index (χ4v) is 2.95. The Morgan fingerprint density at radius 1 is 1.61 bits per heavy atom. The zero-order valence-electron chi connectivity index (χ0n) is 13.0. The molecule has 1 aliphatic rings. The van der Waals surface area contributed by atoms with Gasteiger partial charge in [0.05, 0.1) is 24.2 Å². The molecule has 8 nitrogen and oxygen atoms in total. The van der Waals surface area contributed by atoms with Crippen LogP contribution in [0.25, 0.3) is 0 Å². The van der Waals surface area contributed by atoms with Crippen molar-refractivity contribution in [1.29, 1.82) is 0 Å². The Morgan fingerprint density at radius 3 is 3.09 bits per heavy atom. The van der Waals surface area contributed by atoms with Crippen LogP contribution >= 0.6 is 11.8 Å². The molecule has 1 aromatic rings. The Hall–Kier alpha value is -1.84. The highest BCUT2D eigenvalue weighted by atomic mass is 32.2. The van der Waals surface area contributed by atoms with Crippen molar-refractivity contribution in [3.8, 4) is 5.75 Å². The number of non-ortho nitro benzene ring substituents is 1. The van der Waals surface area contributed by atoms with Crippen molar-refractivity contribution in [2.24, 2.45) is 10.7 Å². The van der Waals surface area contributed by atoms with E-state index in [1.807, 2.05) is 6.92 Å². The van der Waals surface area contributed by atoms with Gasteiger partial charge in [-0.25, -0.2) is 0 Å². The van der Waals surface area contributed by atoms with Gasteiger partial charge in [-0.1, -0.05) is 11.8 Å². The van der Waals surface area contributed by atoms with Gasteiger partial charge in [-0.2, -0.15) is 0 Å². The minimum absolute atomic E-state index is 0.0108. The third-order valence-corrected chi connectivity index (χ3v) is 3.97. The van der Waals surface area contributed by atoms with E-state index in [9.17, 15) is 10.1 Å². The Balaban J connectivity index is 2.15. The molecule has 0 bridgehead atoms. The molecule has 1 aliphatic heterocycles. The molecule has 0 aromatic heterocycles. The lowest BCUT2D eigenvalue weighted by atomic mass is 10.1. The lowest BCUT2D eigenvalue weighted by molar-refractivity contribution is -0.385. The van der Waals surface area contributed by atoms with Crippen molar-refractivity contribution in [1.82, 2.24) is 0 Å². The summed E-state index contributed by atoms with van der Waals surface area (Å²) in [6.07, 6.45) is 0. The predicted octanol–water partition coefficient (Wildman–Crippen LogP) is 2.04. The van der Waals surface area contributed by atoms with E-state index in [0.29, 0.717) is 41.0 Å². The number of amidine groups is 1. The van der Waals surface area contributed by atoms with Gasteiger partial charge in [-0.3, -0.25) is 15.1 Å². The second-order valence-corrected chi connectivity index (χ2v) is 6.02. The normalized spacial score (nSPS) is 15.7. The molecule has 9 heteroatoms. The molecular formula is C14H19N3O5S. The van der Waals surface area contributed by atoms with E-state index < -0.39 is 4.92 Å². The molecule has 0 amide bonds. The average Bonchev–Trinajstić information content (AvgIpc) is 2.52. The summed E-state index contributed by atoms with van der Waals surface area (Å²) < 4.78 is 15.7. The minimum Gasteiger partial charge on any atom is -0.467 e. The van der Waals surface area contributed by atoms with Gasteiger partial charge in [0, 0.05) is 36.1 Å². The van der Waals surface area contributed by atoms with Crippen LogP contribution in [-0.4, -0.2) is 36.6 Å². The van der Waals surface area contributed by atoms with Crippen LogP contribution in [-0.2, 0) is 21.8 Å². The lowest BCUT2D eigenvalue weighted by Gasteiger charge is -2.20. The Bertz CT molecular complexity index is 608. The summed E-state index contributed by atoms with van der Waals surface area (Å²) in [7, 11) is 1.60. The van der Waals surface area contributed by atoms with Crippen molar-refractivity contribution >= 4 is 22.6 Å². The largest absolute Gasteiger partial charge is 0.467 e. The van der Waals surface area contributed by atoms with Crippen molar-refractivity contribution in [2.45, 2.75) is 25.3 Å². The molecule has 2 rings (SSSR count). The monoisotopic (exact) mass is 341 g/mol. The summed E-state index contributed by atoms with van der Waals surface area (Å²) in [5.74, 6) is 1.06. The molecule has 126 valence electrons. The first kappa shape index (κ1) is 17.5. The molecular weight excluding hydrogens is 322 g/mol. The SMILES string of the molecule is COC[C@H](C)N=C(N)SCc1cc([N+](=O)[O-])cc2c1OCOC2. The zero-order chi connectivity index (χ0) is 16.8. The third kappa shape index (κ3) is 4.81. The molecule has 0 unspecified atom stereocenters. The maximum absolute atomic E-state index is 11.0. The molecule has 1 heterocycles. The molecule has 0 aliphatic carbocycles. The maximum Gasteiger partial charge on any atom is 0.270 e. The Morgan fingerprint density at radius 2 is 2.39 bits per heavy atom. The molecule has 0 saturated carbocycles. The van der Waals surface area contributed by atoms with Gasteiger partial charge in [0.2, 0.25) is 0 Å². The zero-order valence-corrected chi connectivity index (χ0v) is 13.8. The first-order chi connectivity index (χ1) is 11.0. The number of methoxy groups -OCH3 is 1. The van der Waals surface area contributed by atoms with E-state index in [2.05, 4.69) is 4.99 Å². The van der Waals surface area contributed by atoms with E-state index in [-0.39, 0.29) is 18.5 Å². The highest BCUT2D eigenvalue weighted by molar-refractivity contribution is 8.13. The second-order valence-electron chi connectivity index (χ2n) is 5.02. The molecule has 2 N–H and O–H groups in total. The summed E-state index contributed by atoms with van der Waals surface area (Å²) in [5, 5.41) is 11.5. The van der Waals surface area contributed by atoms with Crippen molar-refractivity contribution in [3.05, 3.63) is 33.4 Å². The van der Waals surface area contributed by atoms with Gasteiger partial charge in [0.1, 0.15) is 5.75 Å². The van der Waals surface area contributed by atoms with Crippen LogP contribution in [0.1, 0.15) is 18.1 Å². The predicted molar refractivity (Wildman–Crippen MR) is 87.6 cm³/mol. The maximum atomic E-state index is 11.0. The van der Waals surface area contributed by atoms with E-state index in [1.165, 1.54) is 23.9 Å². The number of nitrogens with two attached hydrogens (primary N) is 1. The van der Waals surface area contributed by atoms with E-state index in [1.54, 1.807) is 7.11 Å². The molecule has 0 radical (unpaired) electrons. The molecule has 1 atom stereocenters. The van der Waals surface area contributed by atoms with Crippen molar-refractivity contribution in [2.75, 3.05) is 20.5 Å². The number of benzene rings is 1. The van der Waals surface area contributed by atoms with Crippen LogP contribution in [0.3, 0.4) is 0 Å². The Labute approximate surface area is 138 Å². The van der Waals surface area contributed by atoms with Gasteiger partial charge in [0.25, 0.3) is 5.69 Å². The topological polar surface area (TPSA) is 109 Å². The molecule has 0 spiro atoms. The lowest BCUT2D eigenvalue weighted by Crippen LogP contribution is -2.16. The number of ether oxygens (including phenoxy) is 3. The summed E-state index contributed by atoms with van der Waals surface area (Å²) >= 11 is 1.31. The molecule has 23 heavy (non-hydrogen) atoms. The fourth-order valence-electron chi connectivity index (χ4n) is 2.18. The van der Waals surface area contributed by atoms with Gasteiger partial charge >= 0.3 is 0 Å². The van der Waals surface area contributed by atoms with Crippen LogP contribution < -0.4 is 10.5 Å². The van der Waals surface area contributed by atoms with Gasteiger partial charge < -0.3 is 19.9 Å². The van der Waals surface area contributed by atoms with Crippen molar-refractivity contribution in [3.63, 3.8) is 0 Å². The standard InChI is InChI=1S/C14H19N3O5S/c1-9(5-20-2)16-14(15)23-7-11-4-12(17(18)19)3-10-6-21-8-22-13(10)11/h3-4,9H,5-8H2,1-2H3,(H2,15,16)/t9-/m0/s1. The summed E-state index contributed by atoms with van der Waals surface area (Å²) in [4.78, 5) is 14.9. The first-order valence-corrected chi connectivity index (χ1v) is 7.95. The van der Waals surface area contributed by atoms with Crippen LogP contribution in [0.2, 0.25) is 0 Å². The number of thioether (sulfide) groups is 1. The number of fused-ring (bicyclic) bond motifs is 1. The van der Waals surface area contributed by atoms with Crippen LogP contribution in [0, 0.1) is 10.1 Å².